The zero-order chi connectivity index (χ0) is 13.3. The van der Waals surface area contributed by atoms with Gasteiger partial charge in [0.25, 0.3) is 0 Å². The minimum absolute atomic E-state index is 0.245. The number of alkyl halides is 1. The molecule has 0 saturated heterocycles. The van der Waals surface area contributed by atoms with E-state index in [0.29, 0.717) is 0 Å². The fourth-order valence-corrected chi connectivity index (χ4v) is 3.45. The number of halogens is 2. The molecule has 0 aromatic heterocycles. The number of aryl methyl sites for hydroxylation is 3. The molecule has 0 saturated carbocycles. The third kappa shape index (κ3) is 2.86. The van der Waals surface area contributed by atoms with Gasteiger partial charge in [0, 0.05) is 4.47 Å². The van der Waals surface area contributed by atoms with Crippen LogP contribution in [0.4, 0.5) is 0 Å². The third-order valence-corrected chi connectivity index (χ3v) is 4.70. The topological polar surface area (TPSA) is 0 Å². The van der Waals surface area contributed by atoms with Crippen LogP contribution in [0.25, 0.3) is 0 Å². The monoisotopic (exact) mass is 366 g/mol. The molecule has 0 spiro atoms. The van der Waals surface area contributed by atoms with Gasteiger partial charge < -0.3 is 0 Å². The molecule has 2 rings (SSSR count). The van der Waals surface area contributed by atoms with Crippen molar-refractivity contribution < 1.29 is 0 Å². The first-order valence-electron chi connectivity index (χ1n) is 5.96. The van der Waals surface area contributed by atoms with Gasteiger partial charge in [-0.3, -0.25) is 0 Å². The molecular formula is C16H16Br2. The van der Waals surface area contributed by atoms with Crippen molar-refractivity contribution in [3.8, 4) is 0 Å². The molecule has 0 bridgehead atoms. The Morgan fingerprint density at radius 1 is 0.833 bits per heavy atom. The van der Waals surface area contributed by atoms with Gasteiger partial charge in [0.2, 0.25) is 0 Å². The van der Waals surface area contributed by atoms with Gasteiger partial charge in [0.1, 0.15) is 0 Å². The summed E-state index contributed by atoms with van der Waals surface area (Å²) in [6.45, 7) is 6.45. The number of benzene rings is 2. The lowest BCUT2D eigenvalue weighted by atomic mass is 9.96. The molecule has 0 radical (unpaired) electrons. The van der Waals surface area contributed by atoms with Crippen molar-refractivity contribution in [3.63, 3.8) is 0 Å². The van der Waals surface area contributed by atoms with Crippen LogP contribution >= 0.6 is 31.9 Å². The summed E-state index contributed by atoms with van der Waals surface area (Å²) in [6.07, 6.45) is 0. The summed E-state index contributed by atoms with van der Waals surface area (Å²) >= 11 is 7.39. The normalized spacial score (nSPS) is 12.5. The molecule has 0 heterocycles. The van der Waals surface area contributed by atoms with E-state index in [1.807, 2.05) is 0 Å². The smallest absolute Gasteiger partial charge is 0.0650 e. The molecular weight excluding hydrogens is 352 g/mol. The van der Waals surface area contributed by atoms with E-state index >= 15 is 0 Å². The van der Waals surface area contributed by atoms with Crippen LogP contribution in [0.2, 0.25) is 0 Å². The average molecular weight is 368 g/mol. The quantitative estimate of drug-likeness (QED) is 0.583. The maximum atomic E-state index is 3.84. The van der Waals surface area contributed by atoms with E-state index in [2.05, 4.69) is 89.0 Å². The molecule has 0 aliphatic heterocycles. The second-order valence-corrected chi connectivity index (χ2v) is 6.55. The van der Waals surface area contributed by atoms with Gasteiger partial charge >= 0.3 is 0 Å². The van der Waals surface area contributed by atoms with Crippen molar-refractivity contribution in [2.75, 3.05) is 0 Å². The summed E-state index contributed by atoms with van der Waals surface area (Å²) in [5.41, 5.74) is 6.59. The Morgan fingerprint density at radius 3 is 2.06 bits per heavy atom. The van der Waals surface area contributed by atoms with E-state index in [9.17, 15) is 0 Å². The maximum absolute atomic E-state index is 3.84. The highest BCUT2D eigenvalue weighted by Gasteiger charge is 2.15. The van der Waals surface area contributed by atoms with Gasteiger partial charge in [0.05, 0.1) is 4.83 Å². The standard InChI is InChI=1S/C16H16Br2/c1-10-4-5-11(2)14(8-10)16(18)15-9-13(17)7-6-12(15)3/h4-9,16H,1-3H3. The maximum Gasteiger partial charge on any atom is 0.0650 e. The van der Waals surface area contributed by atoms with Gasteiger partial charge in [-0.25, -0.2) is 0 Å². The lowest BCUT2D eigenvalue weighted by Crippen LogP contribution is -1.99. The Hall–Kier alpha value is -0.600. The minimum atomic E-state index is 0.245. The molecule has 18 heavy (non-hydrogen) atoms. The fourth-order valence-electron chi connectivity index (χ4n) is 2.08. The van der Waals surface area contributed by atoms with Crippen molar-refractivity contribution in [1.82, 2.24) is 0 Å². The lowest BCUT2D eigenvalue weighted by Gasteiger charge is -2.17. The van der Waals surface area contributed by atoms with E-state index in [4.69, 9.17) is 0 Å². The lowest BCUT2D eigenvalue weighted by molar-refractivity contribution is 1.11. The first kappa shape index (κ1) is 13.8. The second-order valence-electron chi connectivity index (χ2n) is 4.72. The predicted octanol–water partition coefficient (Wildman–Crippen LogP) is 5.86. The first-order chi connectivity index (χ1) is 8.49. The molecule has 1 unspecified atom stereocenters. The van der Waals surface area contributed by atoms with E-state index in [-0.39, 0.29) is 4.83 Å². The van der Waals surface area contributed by atoms with Crippen LogP contribution < -0.4 is 0 Å². The Balaban J connectivity index is 2.50. The molecule has 0 aliphatic carbocycles. The highest BCUT2D eigenvalue weighted by molar-refractivity contribution is 9.10. The molecule has 2 aromatic carbocycles. The van der Waals surface area contributed by atoms with Crippen LogP contribution in [0.5, 0.6) is 0 Å². The molecule has 2 heteroatoms. The van der Waals surface area contributed by atoms with Crippen molar-refractivity contribution in [2.45, 2.75) is 25.6 Å². The number of hydrogen-bond acceptors (Lipinski definition) is 0. The molecule has 0 fully saturated rings. The molecule has 0 aliphatic rings. The molecule has 0 nitrogen and oxygen atoms in total. The number of hydrogen-bond donors (Lipinski definition) is 0. The molecule has 0 amide bonds. The second kappa shape index (κ2) is 5.58. The predicted molar refractivity (Wildman–Crippen MR) is 85.6 cm³/mol. The highest BCUT2D eigenvalue weighted by Crippen LogP contribution is 2.36. The zero-order valence-corrected chi connectivity index (χ0v) is 14.0. The summed E-state index contributed by atoms with van der Waals surface area (Å²) in [5, 5.41) is 0. The molecule has 94 valence electrons. The van der Waals surface area contributed by atoms with Crippen molar-refractivity contribution in [3.05, 3.63) is 68.7 Å². The Labute approximate surface area is 126 Å². The Kier molecular flexibility index (Phi) is 4.29. The Bertz CT molecular complexity index is 522. The van der Waals surface area contributed by atoms with E-state index in [0.717, 1.165) is 4.47 Å². The minimum Gasteiger partial charge on any atom is -0.0786 e. The largest absolute Gasteiger partial charge is 0.0786 e. The SMILES string of the molecule is Cc1ccc(C)c(C(Br)c2cc(Br)ccc2C)c1. The van der Waals surface area contributed by atoms with E-state index in [1.165, 1.54) is 27.8 Å². The van der Waals surface area contributed by atoms with Crippen molar-refractivity contribution in [2.24, 2.45) is 0 Å². The van der Waals surface area contributed by atoms with Crippen LogP contribution in [0.15, 0.2) is 40.9 Å². The highest BCUT2D eigenvalue weighted by atomic mass is 79.9. The van der Waals surface area contributed by atoms with Crippen LogP contribution in [0.3, 0.4) is 0 Å². The third-order valence-electron chi connectivity index (χ3n) is 3.22. The fraction of sp³-hybridized carbons (Fsp3) is 0.250. The van der Waals surface area contributed by atoms with Crippen LogP contribution in [0.1, 0.15) is 32.6 Å². The summed E-state index contributed by atoms with van der Waals surface area (Å²) in [5.74, 6) is 0. The summed E-state index contributed by atoms with van der Waals surface area (Å²) in [4.78, 5) is 0.245. The van der Waals surface area contributed by atoms with Crippen molar-refractivity contribution >= 4 is 31.9 Å². The average Bonchev–Trinajstić information content (AvgIpc) is 2.34. The first-order valence-corrected chi connectivity index (χ1v) is 7.67. The molecule has 2 aromatic rings. The van der Waals surface area contributed by atoms with Gasteiger partial charge in [-0.15, -0.1) is 0 Å². The van der Waals surface area contributed by atoms with E-state index < -0.39 is 0 Å². The summed E-state index contributed by atoms with van der Waals surface area (Å²) < 4.78 is 1.12. The molecule has 1 atom stereocenters. The van der Waals surface area contributed by atoms with Crippen molar-refractivity contribution in [1.29, 1.82) is 0 Å². The molecule has 0 N–H and O–H groups in total. The summed E-state index contributed by atoms with van der Waals surface area (Å²) in [7, 11) is 0. The number of rotatable bonds is 2. The van der Waals surface area contributed by atoms with Gasteiger partial charge in [-0.05, 0) is 55.2 Å². The van der Waals surface area contributed by atoms with E-state index in [1.54, 1.807) is 0 Å². The Morgan fingerprint density at radius 2 is 1.39 bits per heavy atom. The zero-order valence-electron chi connectivity index (χ0n) is 10.8. The van der Waals surface area contributed by atoms with Gasteiger partial charge in [0.15, 0.2) is 0 Å². The summed E-state index contributed by atoms with van der Waals surface area (Å²) in [6, 6.07) is 13.0. The van der Waals surface area contributed by atoms with Gasteiger partial charge in [-0.2, -0.15) is 0 Å². The van der Waals surface area contributed by atoms with Gasteiger partial charge in [-0.1, -0.05) is 61.7 Å². The van der Waals surface area contributed by atoms with Crippen LogP contribution in [-0.4, -0.2) is 0 Å². The van der Waals surface area contributed by atoms with Crippen LogP contribution in [0, 0.1) is 20.8 Å². The van der Waals surface area contributed by atoms with Crippen LogP contribution in [-0.2, 0) is 0 Å².